The molecule has 0 saturated carbocycles. The number of fused-ring (bicyclic) bond motifs is 1. The maximum absolute atomic E-state index is 12.7. The Balaban J connectivity index is 1.85. The van der Waals surface area contributed by atoms with Gasteiger partial charge in [0.15, 0.2) is 0 Å². The van der Waals surface area contributed by atoms with Crippen LogP contribution >= 0.6 is 10.7 Å². The van der Waals surface area contributed by atoms with E-state index in [1.807, 2.05) is 4.90 Å². The molecule has 0 spiro atoms. The number of benzene rings is 1. The summed E-state index contributed by atoms with van der Waals surface area (Å²) < 4.78 is 23.2. The highest BCUT2D eigenvalue weighted by Crippen LogP contribution is 2.32. The largest absolute Gasteiger partial charge is 0.335 e. The van der Waals surface area contributed by atoms with Crippen LogP contribution in [0.5, 0.6) is 0 Å². The molecule has 0 N–H and O–H groups in total. The van der Waals surface area contributed by atoms with Gasteiger partial charge in [-0.1, -0.05) is 17.7 Å². The number of halogens is 1. The molecule has 1 unspecified atom stereocenters. The van der Waals surface area contributed by atoms with E-state index in [0.717, 1.165) is 19.4 Å². The molecule has 23 heavy (non-hydrogen) atoms. The zero-order valence-electron chi connectivity index (χ0n) is 13.1. The molecule has 124 valence electrons. The average Bonchev–Trinajstić information content (AvgIpc) is 2.53. The third-order valence-electron chi connectivity index (χ3n) is 4.79. The van der Waals surface area contributed by atoms with E-state index in [9.17, 15) is 13.2 Å². The number of carbonyl (C=O) groups is 1. The normalized spacial score (nSPS) is 21.6. The van der Waals surface area contributed by atoms with Crippen LogP contribution in [-0.4, -0.2) is 32.3 Å². The Hall–Kier alpha value is -1.33. The van der Waals surface area contributed by atoms with Crippen molar-refractivity contribution in [3.05, 3.63) is 41.0 Å². The molecule has 0 radical (unpaired) electrons. The molecule has 0 aromatic heterocycles. The fourth-order valence-electron chi connectivity index (χ4n) is 3.49. The quantitative estimate of drug-likeness (QED) is 0.604. The van der Waals surface area contributed by atoms with Gasteiger partial charge >= 0.3 is 0 Å². The molecule has 1 aliphatic carbocycles. The average molecular weight is 354 g/mol. The highest BCUT2D eigenvalue weighted by atomic mass is 35.7. The van der Waals surface area contributed by atoms with Gasteiger partial charge in [-0.3, -0.25) is 4.79 Å². The number of likely N-dealkylation sites (tertiary alicyclic amines) is 1. The molecule has 1 aromatic carbocycles. The summed E-state index contributed by atoms with van der Waals surface area (Å²) in [5.41, 5.74) is 2.28. The molecule has 6 heteroatoms. The van der Waals surface area contributed by atoms with Crippen molar-refractivity contribution < 1.29 is 13.2 Å². The Bertz CT molecular complexity index is 770. The molecule has 1 fully saturated rings. The second-order valence-electron chi connectivity index (χ2n) is 6.34. The zero-order valence-corrected chi connectivity index (χ0v) is 14.7. The van der Waals surface area contributed by atoms with Crippen molar-refractivity contribution >= 4 is 25.6 Å². The smallest absolute Gasteiger partial charge is 0.261 e. The maximum Gasteiger partial charge on any atom is 0.261 e. The summed E-state index contributed by atoms with van der Waals surface area (Å²) in [6.45, 7) is 3.04. The number of hydrogen-bond acceptors (Lipinski definition) is 3. The Morgan fingerprint density at radius 2 is 2.09 bits per heavy atom. The minimum Gasteiger partial charge on any atom is -0.335 e. The van der Waals surface area contributed by atoms with E-state index in [1.54, 1.807) is 19.1 Å². The van der Waals surface area contributed by atoms with E-state index < -0.39 is 9.05 Å². The van der Waals surface area contributed by atoms with Crippen molar-refractivity contribution in [2.24, 2.45) is 5.92 Å². The zero-order chi connectivity index (χ0) is 16.6. The first-order valence-corrected chi connectivity index (χ1v) is 10.2. The summed E-state index contributed by atoms with van der Waals surface area (Å²) in [5, 5.41) is 0. The monoisotopic (exact) mass is 353 g/mol. The van der Waals surface area contributed by atoms with Crippen LogP contribution in [0.4, 0.5) is 0 Å². The predicted molar refractivity (Wildman–Crippen MR) is 90.2 cm³/mol. The van der Waals surface area contributed by atoms with Crippen LogP contribution in [0.25, 0.3) is 0 Å². The van der Waals surface area contributed by atoms with E-state index in [1.165, 1.54) is 24.5 Å². The highest BCUT2D eigenvalue weighted by Gasteiger charge is 2.29. The van der Waals surface area contributed by atoms with Gasteiger partial charge in [-0.2, -0.15) is 0 Å². The van der Waals surface area contributed by atoms with Crippen LogP contribution in [-0.2, 0) is 9.05 Å². The van der Waals surface area contributed by atoms with Gasteiger partial charge in [-0.25, -0.2) is 8.42 Å². The van der Waals surface area contributed by atoms with Crippen LogP contribution in [0.1, 0.15) is 41.6 Å². The molecule has 0 bridgehead atoms. The Morgan fingerprint density at radius 3 is 2.83 bits per heavy atom. The minimum atomic E-state index is -3.85. The number of rotatable bonds is 2. The van der Waals surface area contributed by atoms with E-state index in [4.69, 9.17) is 10.7 Å². The lowest BCUT2D eigenvalue weighted by molar-refractivity contribution is 0.0730. The van der Waals surface area contributed by atoms with Gasteiger partial charge in [0, 0.05) is 29.3 Å². The summed E-state index contributed by atoms with van der Waals surface area (Å²) in [7, 11) is 1.61. The van der Waals surface area contributed by atoms with Crippen molar-refractivity contribution in [1.29, 1.82) is 0 Å². The summed E-state index contributed by atoms with van der Waals surface area (Å²) in [6, 6.07) is 4.70. The molecule has 2 aliphatic rings. The summed E-state index contributed by atoms with van der Waals surface area (Å²) in [4.78, 5) is 14.5. The first kappa shape index (κ1) is 16.5. The van der Waals surface area contributed by atoms with Crippen LogP contribution in [0.3, 0.4) is 0 Å². The van der Waals surface area contributed by atoms with Gasteiger partial charge in [0.1, 0.15) is 0 Å². The summed E-state index contributed by atoms with van der Waals surface area (Å²) in [5.74, 6) is 0.487. The van der Waals surface area contributed by atoms with Crippen molar-refractivity contribution in [2.75, 3.05) is 13.1 Å². The maximum atomic E-state index is 12.7. The van der Waals surface area contributed by atoms with E-state index in [0.29, 0.717) is 23.6 Å². The Labute approximate surface area is 141 Å². The standard InChI is InChI=1S/C17H20ClNO3S/c1-12-6-7-14(10-16(12)23(18,21)22)17(20)19-9-8-13-4-2-3-5-15(13)11-19/h5-7,10,13H,2-4,8-9,11H2,1H3. The van der Waals surface area contributed by atoms with Crippen LogP contribution in [0.15, 0.2) is 34.7 Å². The molecule has 1 saturated heterocycles. The second kappa shape index (κ2) is 6.29. The first-order chi connectivity index (χ1) is 10.9. The molecule has 1 atom stereocenters. The van der Waals surface area contributed by atoms with Gasteiger partial charge in [-0.05, 0) is 56.2 Å². The fourth-order valence-corrected chi connectivity index (χ4v) is 4.71. The number of carbonyl (C=O) groups excluding carboxylic acids is 1. The number of hydrogen-bond donors (Lipinski definition) is 0. The molecule has 1 heterocycles. The highest BCUT2D eigenvalue weighted by molar-refractivity contribution is 8.13. The lowest BCUT2D eigenvalue weighted by Gasteiger charge is -2.36. The number of piperidine rings is 1. The third kappa shape index (κ3) is 3.45. The van der Waals surface area contributed by atoms with E-state index in [-0.39, 0.29) is 10.8 Å². The van der Waals surface area contributed by atoms with Gasteiger partial charge in [0.2, 0.25) is 0 Å². The van der Waals surface area contributed by atoms with E-state index in [2.05, 4.69) is 6.08 Å². The van der Waals surface area contributed by atoms with Crippen molar-refractivity contribution in [2.45, 2.75) is 37.5 Å². The topological polar surface area (TPSA) is 54.5 Å². The summed E-state index contributed by atoms with van der Waals surface area (Å²) >= 11 is 0. The molecule has 3 rings (SSSR count). The molecule has 1 aromatic rings. The van der Waals surface area contributed by atoms with Gasteiger partial charge in [0.05, 0.1) is 4.90 Å². The number of aryl methyl sites for hydroxylation is 1. The van der Waals surface area contributed by atoms with Crippen LogP contribution in [0, 0.1) is 12.8 Å². The molecular weight excluding hydrogens is 334 g/mol. The SMILES string of the molecule is Cc1ccc(C(=O)N2CCC3CCCC=C3C2)cc1S(=O)(=O)Cl. The van der Waals surface area contributed by atoms with Crippen molar-refractivity contribution in [1.82, 2.24) is 4.90 Å². The van der Waals surface area contributed by atoms with Gasteiger partial charge < -0.3 is 4.90 Å². The van der Waals surface area contributed by atoms with Crippen LogP contribution < -0.4 is 0 Å². The third-order valence-corrected chi connectivity index (χ3v) is 6.26. The molecule has 1 aliphatic heterocycles. The van der Waals surface area contributed by atoms with Crippen molar-refractivity contribution in [3.63, 3.8) is 0 Å². The fraction of sp³-hybridized carbons (Fsp3) is 0.471. The Morgan fingerprint density at radius 1 is 1.30 bits per heavy atom. The number of allylic oxidation sites excluding steroid dienone is 1. The van der Waals surface area contributed by atoms with Crippen LogP contribution in [0.2, 0.25) is 0 Å². The molecule has 1 amide bonds. The lowest BCUT2D eigenvalue weighted by atomic mass is 9.82. The lowest BCUT2D eigenvalue weighted by Crippen LogP contribution is -2.40. The van der Waals surface area contributed by atoms with E-state index >= 15 is 0 Å². The predicted octanol–water partition coefficient (Wildman–Crippen LogP) is 3.49. The van der Waals surface area contributed by atoms with Crippen molar-refractivity contribution in [3.8, 4) is 0 Å². The number of amides is 1. The second-order valence-corrected chi connectivity index (χ2v) is 8.87. The Kier molecular flexibility index (Phi) is 4.52. The summed E-state index contributed by atoms with van der Waals surface area (Å²) in [6.07, 6.45) is 6.79. The molecule has 4 nitrogen and oxygen atoms in total. The van der Waals surface area contributed by atoms with Gasteiger partial charge in [0.25, 0.3) is 15.0 Å². The minimum absolute atomic E-state index is 0.0109. The first-order valence-electron chi connectivity index (χ1n) is 7.90. The molecular formula is C17H20ClNO3S. The number of nitrogens with zero attached hydrogens (tertiary/aromatic N) is 1. The van der Waals surface area contributed by atoms with Gasteiger partial charge in [-0.15, -0.1) is 0 Å².